The zero-order valence-electron chi connectivity index (χ0n) is 11.0. The summed E-state index contributed by atoms with van der Waals surface area (Å²) in [7, 11) is 1.71. The number of halogens is 2. The summed E-state index contributed by atoms with van der Waals surface area (Å²) in [6.07, 6.45) is 4.08. The SMILES string of the molecule is Cn1cc(C(N)C(ON)C2CC2)c2c(F)c(F)cnc21. The lowest BCUT2D eigenvalue weighted by molar-refractivity contribution is 0.0195. The van der Waals surface area contributed by atoms with Crippen LogP contribution in [0, 0.1) is 17.6 Å². The van der Waals surface area contributed by atoms with Crippen molar-refractivity contribution in [1.29, 1.82) is 0 Å². The van der Waals surface area contributed by atoms with Gasteiger partial charge in [-0.1, -0.05) is 0 Å². The normalized spacial score (nSPS) is 18.4. The van der Waals surface area contributed by atoms with Gasteiger partial charge < -0.3 is 10.3 Å². The molecular formula is C13H16F2N4O. The number of hydrogen-bond donors (Lipinski definition) is 2. The second-order valence-corrected chi connectivity index (χ2v) is 5.28. The van der Waals surface area contributed by atoms with Crippen LogP contribution in [0.2, 0.25) is 0 Å². The van der Waals surface area contributed by atoms with Gasteiger partial charge in [0.05, 0.1) is 17.6 Å². The third-order valence-electron chi connectivity index (χ3n) is 3.87. The number of pyridine rings is 1. The highest BCUT2D eigenvalue weighted by Gasteiger charge is 2.38. The molecule has 0 amide bonds. The molecule has 2 heterocycles. The zero-order chi connectivity index (χ0) is 14.4. The Hall–Kier alpha value is -1.57. The summed E-state index contributed by atoms with van der Waals surface area (Å²) < 4.78 is 29.1. The molecule has 3 rings (SSSR count). The predicted molar refractivity (Wildman–Crippen MR) is 69.3 cm³/mol. The van der Waals surface area contributed by atoms with Crippen LogP contribution in [0.4, 0.5) is 8.78 Å². The number of rotatable bonds is 4. The first kappa shape index (κ1) is 13.4. The largest absolute Gasteiger partial charge is 0.335 e. The first-order chi connectivity index (χ1) is 9.54. The lowest BCUT2D eigenvalue weighted by Gasteiger charge is -2.21. The number of hydrogen-bond acceptors (Lipinski definition) is 4. The molecule has 0 radical (unpaired) electrons. The molecule has 5 nitrogen and oxygen atoms in total. The molecule has 108 valence electrons. The van der Waals surface area contributed by atoms with Crippen LogP contribution in [0.15, 0.2) is 12.4 Å². The highest BCUT2D eigenvalue weighted by atomic mass is 19.2. The van der Waals surface area contributed by atoms with Gasteiger partial charge in [-0.05, 0) is 18.8 Å². The average Bonchev–Trinajstić information content (AvgIpc) is 3.19. The molecule has 1 aliphatic rings. The maximum atomic E-state index is 14.1. The average molecular weight is 282 g/mol. The maximum Gasteiger partial charge on any atom is 0.177 e. The van der Waals surface area contributed by atoms with Crippen LogP contribution >= 0.6 is 0 Å². The van der Waals surface area contributed by atoms with Gasteiger partial charge in [0.2, 0.25) is 0 Å². The minimum atomic E-state index is -0.992. The van der Waals surface area contributed by atoms with Crippen LogP contribution in [0.5, 0.6) is 0 Å². The van der Waals surface area contributed by atoms with Gasteiger partial charge in [0.1, 0.15) is 11.8 Å². The summed E-state index contributed by atoms with van der Waals surface area (Å²) in [5.41, 5.74) is 6.97. The number of nitrogens with two attached hydrogens (primary N) is 2. The quantitative estimate of drug-likeness (QED) is 0.833. The van der Waals surface area contributed by atoms with Crippen molar-refractivity contribution in [2.75, 3.05) is 0 Å². The van der Waals surface area contributed by atoms with Gasteiger partial charge in [-0.15, -0.1) is 0 Å². The number of nitrogens with zero attached hydrogens (tertiary/aromatic N) is 2. The standard InChI is InChI=1S/C13H16F2N4O/c1-19-5-7(11(16)12(20-17)6-2-3-6)9-10(15)8(14)4-18-13(9)19/h4-6,11-12H,2-3,16-17H2,1H3. The minimum absolute atomic E-state index is 0.0997. The molecule has 2 aromatic rings. The van der Waals surface area contributed by atoms with Crippen LogP contribution in [-0.4, -0.2) is 15.7 Å². The smallest absolute Gasteiger partial charge is 0.177 e. The third kappa shape index (κ3) is 1.98. The molecule has 2 atom stereocenters. The monoisotopic (exact) mass is 282 g/mol. The van der Waals surface area contributed by atoms with Crippen molar-refractivity contribution >= 4 is 11.0 Å². The van der Waals surface area contributed by atoms with Gasteiger partial charge in [0.15, 0.2) is 11.6 Å². The fourth-order valence-electron chi connectivity index (χ4n) is 2.66. The summed E-state index contributed by atoms with van der Waals surface area (Å²) in [4.78, 5) is 8.86. The Morgan fingerprint density at radius 1 is 1.45 bits per heavy atom. The van der Waals surface area contributed by atoms with Crippen molar-refractivity contribution in [2.45, 2.75) is 25.0 Å². The van der Waals surface area contributed by atoms with Crippen LogP contribution in [-0.2, 0) is 11.9 Å². The van der Waals surface area contributed by atoms with Crippen molar-refractivity contribution in [3.63, 3.8) is 0 Å². The number of aryl methyl sites for hydroxylation is 1. The lowest BCUT2D eigenvalue weighted by atomic mass is 9.99. The second-order valence-electron chi connectivity index (χ2n) is 5.28. The molecular weight excluding hydrogens is 266 g/mol. The fourth-order valence-corrected chi connectivity index (χ4v) is 2.66. The van der Waals surface area contributed by atoms with Crippen molar-refractivity contribution in [2.24, 2.45) is 24.6 Å². The molecule has 0 bridgehead atoms. The second kappa shape index (κ2) is 4.76. The Morgan fingerprint density at radius 2 is 2.15 bits per heavy atom. The van der Waals surface area contributed by atoms with Gasteiger partial charge in [-0.2, -0.15) is 0 Å². The van der Waals surface area contributed by atoms with E-state index in [4.69, 9.17) is 16.5 Å². The molecule has 0 aromatic carbocycles. The lowest BCUT2D eigenvalue weighted by Crippen LogP contribution is -2.33. The summed E-state index contributed by atoms with van der Waals surface area (Å²) in [6, 6.07) is -0.616. The van der Waals surface area contributed by atoms with E-state index in [1.165, 1.54) is 0 Å². The van der Waals surface area contributed by atoms with E-state index in [0.29, 0.717) is 11.2 Å². The van der Waals surface area contributed by atoms with Gasteiger partial charge >= 0.3 is 0 Å². The molecule has 0 aliphatic heterocycles. The van der Waals surface area contributed by atoms with Crippen LogP contribution in [0.3, 0.4) is 0 Å². The molecule has 20 heavy (non-hydrogen) atoms. The molecule has 0 spiro atoms. The van der Waals surface area contributed by atoms with Crippen LogP contribution in [0.1, 0.15) is 24.4 Å². The summed E-state index contributed by atoms with van der Waals surface area (Å²) in [6.45, 7) is 0. The van der Waals surface area contributed by atoms with E-state index in [9.17, 15) is 8.78 Å². The van der Waals surface area contributed by atoms with Gasteiger partial charge in [0, 0.05) is 18.8 Å². The molecule has 2 unspecified atom stereocenters. The highest BCUT2D eigenvalue weighted by Crippen LogP contribution is 2.40. The van der Waals surface area contributed by atoms with Crippen molar-refractivity contribution in [3.8, 4) is 0 Å². The van der Waals surface area contributed by atoms with Crippen LogP contribution in [0.25, 0.3) is 11.0 Å². The first-order valence-corrected chi connectivity index (χ1v) is 6.44. The highest BCUT2D eigenvalue weighted by molar-refractivity contribution is 5.81. The van der Waals surface area contributed by atoms with E-state index >= 15 is 0 Å². The molecule has 4 N–H and O–H groups in total. The molecule has 0 saturated heterocycles. The summed E-state index contributed by atoms with van der Waals surface area (Å²) >= 11 is 0. The molecule has 1 aliphatic carbocycles. The number of fused-ring (bicyclic) bond motifs is 1. The topological polar surface area (TPSA) is 79.1 Å². The maximum absolute atomic E-state index is 14.1. The molecule has 7 heteroatoms. The predicted octanol–water partition coefficient (Wildman–Crippen LogP) is 1.52. The fraction of sp³-hybridized carbons (Fsp3) is 0.462. The molecule has 2 aromatic heterocycles. The summed E-state index contributed by atoms with van der Waals surface area (Å²) in [5.74, 6) is 3.64. The van der Waals surface area contributed by atoms with E-state index in [1.807, 2.05) is 0 Å². The van der Waals surface area contributed by atoms with E-state index in [2.05, 4.69) is 4.98 Å². The number of aromatic nitrogens is 2. The molecule has 1 fully saturated rings. The Bertz CT molecular complexity index is 653. The van der Waals surface area contributed by atoms with E-state index in [1.54, 1.807) is 17.8 Å². The third-order valence-corrected chi connectivity index (χ3v) is 3.87. The van der Waals surface area contributed by atoms with Gasteiger partial charge in [-0.25, -0.2) is 19.7 Å². The zero-order valence-corrected chi connectivity index (χ0v) is 11.0. The van der Waals surface area contributed by atoms with Gasteiger partial charge in [0.25, 0.3) is 0 Å². The Labute approximate surface area is 114 Å². The Morgan fingerprint density at radius 3 is 2.75 bits per heavy atom. The molecule has 1 saturated carbocycles. The van der Waals surface area contributed by atoms with Crippen molar-refractivity contribution in [1.82, 2.24) is 9.55 Å². The van der Waals surface area contributed by atoms with Gasteiger partial charge in [-0.3, -0.25) is 4.84 Å². The van der Waals surface area contributed by atoms with E-state index in [-0.39, 0.29) is 11.3 Å². The van der Waals surface area contributed by atoms with E-state index in [0.717, 1.165) is 19.0 Å². The first-order valence-electron chi connectivity index (χ1n) is 6.44. The van der Waals surface area contributed by atoms with Crippen molar-refractivity contribution in [3.05, 3.63) is 29.6 Å². The Balaban J connectivity index is 2.13. The minimum Gasteiger partial charge on any atom is -0.335 e. The van der Waals surface area contributed by atoms with E-state index < -0.39 is 23.8 Å². The van der Waals surface area contributed by atoms with Crippen LogP contribution < -0.4 is 11.6 Å². The summed E-state index contributed by atoms with van der Waals surface area (Å²) in [5, 5.41) is 0.0997. The van der Waals surface area contributed by atoms with Crippen molar-refractivity contribution < 1.29 is 13.6 Å². The Kier molecular flexibility index (Phi) is 3.19.